The Morgan fingerprint density at radius 2 is 1.65 bits per heavy atom. The summed E-state index contributed by atoms with van der Waals surface area (Å²) in [6, 6.07) is 16.4. The van der Waals surface area contributed by atoms with Crippen molar-refractivity contribution in [2.75, 3.05) is 19.5 Å². The molecule has 0 bridgehead atoms. The fourth-order valence-corrected chi connectivity index (χ4v) is 5.84. The van der Waals surface area contributed by atoms with Gasteiger partial charge in [-0.25, -0.2) is 9.97 Å². The van der Waals surface area contributed by atoms with Crippen LogP contribution in [0.25, 0.3) is 10.2 Å². The van der Waals surface area contributed by atoms with Crippen molar-refractivity contribution in [3.8, 4) is 11.5 Å². The molecule has 6 nitrogen and oxygen atoms in total. The number of anilines is 1. The third kappa shape index (κ3) is 5.00. The molecular formula is C27H31N4O2S+. The maximum absolute atomic E-state index is 5.39. The summed E-state index contributed by atoms with van der Waals surface area (Å²) in [7, 11) is 3.40. The number of benzene rings is 2. The zero-order valence-corrected chi connectivity index (χ0v) is 20.6. The maximum atomic E-state index is 5.39. The number of hydrogen-bond acceptors (Lipinski definition) is 6. The molecule has 0 aliphatic heterocycles. The largest absolute Gasteiger partial charge is 0.497 e. The van der Waals surface area contributed by atoms with Crippen LogP contribution >= 0.6 is 11.3 Å². The Bertz CT molecular complexity index is 1290. The Labute approximate surface area is 204 Å². The number of rotatable bonds is 9. The smallest absolute Gasteiger partial charge is 0.187 e. The van der Waals surface area contributed by atoms with Crippen LogP contribution in [-0.2, 0) is 32.5 Å². The van der Waals surface area contributed by atoms with Crippen LogP contribution in [0.1, 0.15) is 40.2 Å². The van der Waals surface area contributed by atoms with E-state index in [-0.39, 0.29) is 0 Å². The molecule has 34 heavy (non-hydrogen) atoms. The lowest BCUT2D eigenvalue weighted by atomic mass is 9.97. The first-order chi connectivity index (χ1) is 16.7. The van der Waals surface area contributed by atoms with E-state index in [0.717, 1.165) is 53.9 Å². The number of methoxy groups -OCH3 is 2. The molecule has 0 spiro atoms. The normalized spacial score (nSPS) is 13.0. The van der Waals surface area contributed by atoms with Gasteiger partial charge in [-0.2, -0.15) is 0 Å². The minimum absolute atomic E-state index is 0.695. The van der Waals surface area contributed by atoms with E-state index in [1.54, 1.807) is 14.2 Å². The Morgan fingerprint density at radius 1 is 0.912 bits per heavy atom. The van der Waals surface area contributed by atoms with E-state index in [0.29, 0.717) is 6.54 Å². The van der Waals surface area contributed by atoms with Crippen molar-refractivity contribution in [2.45, 2.75) is 45.3 Å². The molecule has 2 heterocycles. The molecule has 5 rings (SSSR count). The van der Waals surface area contributed by atoms with Crippen LogP contribution in [0, 0.1) is 0 Å². The molecule has 0 amide bonds. The van der Waals surface area contributed by atoms with Crippen molar-refractivity contribution in [3.05, 3.63) is 75.9 Å². The van der Waals surface area contributed by atoms with Crippen LogP contribution < -0.4 is 20.1 Å². The second kappa shape index (κ2) is 10.4. The molecule has 0 atom stereocenters. The quantitative estimate of drug-likeness (QED) is 0.374. The Hall–Kier alpha value is -3.16. The zero-order valence-electron chi connectivity index (χ0n) is 19.8. The lowest BCUT2D eigenvalue weighted by Crippen LogP contribution is -2.81. The van der Waals surface area contributed by atoms with Gasteiger partial charge in [0.2, 0.25) is 0 Å². The van der Waals surface area contributed by atoms with Gasteiger partial charge in [-0.05, 0) is 61.1 Å². The van der Waals surface area contributed by atoms with Gasteiger partial charge in [0.05, 0.1) is 19.6 Å². The molecule has 0 radical (unpaired) electrons. The SMILES string of the molecule is COc1cccc(CNc2nc(C[NH2+]Cc3cccc(OC)c3)nc3sc4c(c23)CCCC4)c1. The molecule has 2 aromatic carbocycles. The maximum Gasteiger partial charge on any atom is 0.187 e. The second-order valence-electron chi connectivity index (χ2n) is 8.63. The van der Waals surface area contributed by atoms with Crippen LogP contribution in [0.3, 0.4) is 0 Å². The third-order valence-corrected chi connectivity index (χ3v) is 7.48. The van der Waals surface area contributed by atoms with E-state index in [1.807, 2.05) is 35.6 Å². The summed E-state index contributed by atoms with van der Waals surface area (Å²) in [5.41, 5.74) is 3.84. The number of nitrogens with two attached hydrogens (primary N) is 1. The second-order valence-corrected chi connectivity index (χ2v) is 9.72. The van der Waals surface area contributed by atoms with Gasteiger partial charge in [0.25, 0.3) is 0 Å². The van der Waals surface area contributed by atoms with Crippen LogP contribution in [0.4, 0.5) is 5.82 Å². The number of quaternary nitrogens is 1. The van der Waals surface area contributed by atoms with Gasteiger partial charge in [-0.3, -0.25) is 0 Å². The van der Waals surface area contributed by atoms with Crippen molar-refractivity contribution in [3.63, 3.8) is 0 Å². The highest BCUT2D eigenvalue weighted by Crippen LogP contribution is 2.38. The van der Waals surface area contributed by atoms with E-state index in [2.05, 4.69) is 34.9 Å². The highest BCUT2D eigenvalue weighted by Gasteiger charge is 2.21. The predicted molar refractivity (Wildman–Crippen MR) is 137 cm³/mol. The zero-order chi connectivity index (χ0) is 23.3. The summed E-state index contributed by atoms with van der Waals surface area (Å²) in [6.45, 7) is 2.27. The average Bonchev–Trinajstić information content (AvgIpc) is 3.26. The minimum Gasteiger partial charge on any atom is -0.497 e. The van der Waals surface area contributed by atoms with E-state index in [1.165, 1.54) is 39.8 Å². The summed E-state index contributed by atoms with van der Waals surface area (Å²) >= 11 is 1.85. The summed E-state index contributed by atoms with van der Waals surface area (Å²) in [5.74, 6) is 3.57. The molecule has 0 unspecified atom stereocenters. The van der Waals surface area contributed by atoms with Gasteiger partial charge >= 0.3 is 0 Å². The fourth-order valence-electron chi connectivity index (χ4n) is 4.56. The number of aryl methyl sites for hydroxylation is 2. The Balaban J connectivity index is 1.38. The summed E-state index contributed by atoms with van der Waals surface area (Å²) in [6.07, 6.45) is 4.78. The summed E-state index contributed by atoms with van der Waals surface area (Å²) in [5, 5.41) is 7.09. The lowest BCUT2D eigenvalue weighted by Gasteiger charge is -2.13. The van der Waals surface area contributed by atoms with Crippen LogP contribution in [0.5, 0.6) is 11.5 Å². The molecule has 1 aliphatic rings. The molecule has 0 saturated heterocycles. The molecule has 176 valence electrons. The predicted octanol–water partition coefficient (Wildman–Crippen LogP) is 4.46. The molecule has 4 aromatic rings. The van der Waals surface area contributed by atoms with Crippen molar-refractivity contribution in [1.29, 1.82) is 0 Å². The van der Waals surface area contributed by atoms with Gasteiger partial charge < -0.3 is 20.1 Å². The standard InChI is InChI=1S/C27H30N4O2S/c1-32-20-9-5-7-18(13-20)15-28-17-24-30-26(29-16-19-8-6-10-21(14-19)33-2)25-22-11-3-4-12-23(22)34-27(25)31-24/h5-10,13-14,28H,3-4,11-12,15-17H2,1-2H3,(H,29,30,31)/p+1. The van der Waals surface area contributed by atoms with Crippen LogP contribution in [-0.4, -0.2) is 24.2 Å². The summed E-state index contributed by atoms with van der Waals surface area (Å²) < 4.78 is 10.7. The van der Waals surface area contributed by atoms with Gasteiger partial charge in [0, 0.05) is 17.0 Å². The molecular weight excluding hydrogens is 444 g/mol. The summed E-state index contributed by atoms with van der Waals surface area (Å²) in [4.78, 5) is 12.6. The molecule has 3 N–H and O–H groups in total. The Kier molecular flexibility index (Phi) is 6.92. The number of fused-ring (bicyclic) bond motifs is 3. The molecule has 1 aliphatic carbocycles. The average molecular weight is 476 g/mol. The van der Waals surface area contributed by atoms with Crippen molar-refractivity contribution in [2.24, 2.45) is 0 Å². The van der Waals surface area contributed by atoms with Gasteiger partial charge in [0.15, 0.2) is 5.82 Å². The number of aromatic nitrogens is 2. The molecule has 0 fully saturated rings. The van der Waals surface area contributed by atoms with E-state index < -0.39 is 0 Å². The topological polar surface area (TPSA) is 72.9 Å². The monoisotopic (exact) mass is 475 g/mol. The molecule has 2 aromatic heterocycles. The first-order valence-corrected chi connectivity index (χ1v) is 12.7. The van der Waals surface area contributed by atoms with Crippen LogP contribution in [0.15, 0.2) is 48.5 Å². The van der Waals surface area contributed by atoms with E-state index in [4.69, 9.17) is 19.4 Å². The van der Waals surface area contributed by atoms with Gasteiger partial charge in [-0.1, -0.05) is 24.3 Å². The number of ether oxygens (including phenoxy) is 2. The van der Waals surface area contributed by atoms with E-state index in [9.17, 15) is 0 Å². The lowest BCUT2D eigenvalue weighted by molar-refractivity contribution is -0.687. The van der Waals surface area contributed by atoms with Crippen LogP contribution in [0.2, 0.25) is 0 Å². The number of nitrogens with zero attached hydrogens (tertiary/aromatic N) is 2. The Morgan fingerprint density at radius 3 is 2.44 bits per heavy atom. The van der Waals surface area contributed by atoms with Crippen molar-refractivity contribution < 1.29 is 14.8 Å². The van der Waals surface area contributed by atoms with Crippen molar-refractivity contribution in [1.82, 2.24) is 9.97 Å². The first-order valence-electron chi connectivity index (χ1n) is 11.9. The highest BCUT2D eigenvalue weighted by molar-refractivity contribution is 7.19. The number of thiophene rings is 1. The molecule has 7 heteroatoms. The number of hydrogen-bond donors (Lipinski definition) is 2. The number of nitrogens with one attached hydrogen (secondary N) is 1. The fraction of sp³-hybridized carbons (Fsp3) is 0.333. The van der Waals surface area contributed by atoms with Gasteiger partial charge in [-0.15, -0.1) is 11.3 Å². The minimum atomic E-state index is 0.695. The molecule has 0 saturated carbocycles. The van der Waals surface area contributed by atoms with Gasteiger partial charge in [0.1, 0.15) is 35.2 Å². The third-order valence-electron chi connectivity index (χ3n) is 6.30. The first kappa shape index (κ1) is 22.6. The van der Waals surface area contributed by atoms with Crippen molar-refractivity contribution >= 4 is 27.4 Å². The van der Waals surface area contributed by atoms with E-state index >= 15 is 0 Å². The highest BCUT2D eigenvalue weighted by atomic mass is 32.1.